The van der Waals surface area contributed by atoms with Crippen molar-refractivity contribution < 1.29 is 22.6 Å². The first-order valence-electron chi connectivity index (χ1n) is 14.8. The van der Waals surface area contributed by atoms with Crippen LogP contribution in [0, 0.1) is 23.0 Å². The van der Waals surface area contributed by atoms with Gasteiger partial charge in [0.15, 0.2) is 11.6 Å². The number of hydrogen-bond acceptors (Lipinski definition) is 9. The molecule has 4 aliphatic rings. The van der Waals surface area contributed by atoms with E-state index in [-0.39, 0.29) is 72.3 Å². The summed E-state index contributed by atoms with van der Waals surface area (Å²) in [5.41, 5.74) is 5.99. The highest BCUT2D eigenvalue weighted by Crippen LogP contribution is 2.51. The van der Waals surface area contributed by atoms with Crippen LogP contribution in [0.25, 0.3) is 32.1 Å². The van der Waals surface area contributed by atoms with Crippen LogP contribution in [0.3, 0.4) is 0 Å². The summed E-state index contributed by atoms with van der Waals surface area (Å²) in [6.07, 6.45) is 3.98. The number of halogens is 4. The van der Waals surface area contributed by atoms with Crippen LogP contribution in [-0.4, -0.2) is 65.5 Å². The third-order valence-corrected chi connectivity index (χ3v) is 11.2. The third kappa shape index (κ3) is 4.05. The SMILES string of the molecule is N#Cc1c(N)sc2c(F)ccc(-c3c(Cl)c4c5c(nc(OCC[C@@]67CCCN6C[C@H](F)C7)nc5c3F)N3CCCC3CO4)c12. The van der Waals surface area contributed by atoms with E-state index in [4.69, 9.17) is 31.8 Å². The average Bonchev–Trinajstić information content (AvgIpc) is 3.74. The molecule has 3 atom stereocenters. The van der Waals surface area contributed by atoms with Gasteiger partial charge in [-0.25, -0.2) is 13.2 Å². The van der Waals surface area contributed by atoms with Crippen molar-refractivity contribution in [3.8, 4) is 29.0 Å². The second kappa shape index (κ2) is 10.3. The zero-order chi connectivity index (χ0) is 30.3. The number of thiophene rings is 1. The Morgan fingerprint density at radius 2 is 2.09 bits per heavy atom. The van der Waals surface area contributed by atoms with E-state index in [1.807, 2.05) is 6.07 Å². The molecule has 228 valence electrons. The van der Waals surface area contributed by atoms with E-state index >= 15 is 4.39 Å². The van der Waals surface area contributed by atoms with Crippen molar-refractivity contribution in [3.05, 3.63) is 34.4 Å². The minimum absolute atomic E-state index is 0.00114. The fourth-order valence-corrected chi connectivity index (χ4v) is 9.08. The lowest BCUT2D eigenvalue weighted by molar-refractivity contribution is 0.146. The molecule has 8 nitrogen and oxygen atoms in total. The second-order valence-corrected chi connectivity index (χ2v) is 13.5. The zero-order valence-electron chi connectivity index (χ0n) is 23.6. The summed E-state index contributed by atoms with van der Waals surface area (Å²) in [7, 11) is 0. The Hall–Kier alpha value is -3.53. The van der Waals surface area contributed by atoms with Gasteiger partial charge in [-0.3, -0.25) is 4.90 Å². The average molecular weight is 641 g/mol. The van der Waals surface area contributed by atoms with Crippen molar-refractivity contribution in [1.82, 2.24) is 14.9 Å². The van der Waals surface area contributed by atoms with Crippen LogP contribution >= 0.6 is 22.9 Å². The minimum atomic E-state index is -0.846. The van der Waals surface area contributed by atoms with Gasteiger partial charge in [-0.05, 0) is 50.3 Å². The number of nitrogen functional groups attached to an aromatic ring is 1. The van der Waals surface area contributed by atoms with Crippen molar-refractivity contribution in [2.75, 3.05) is 43.5 Å². The monoisotopic (exact) mass is 640 g/mol. The van der Waals surface area contributed by atoms with Crippen LogP contribution in [0.4, 0.5) is 24.0 Å². The van der Waals surface area contributed by atoms with Crippen LogP contribution in [0.15, 0.2) is 12.1 Å². The van der Waals surface area contributed by atoms with Gasteiger partial charge in [-0.2, -0.15) is 15.2 Å². The van der Waals surface area contributed by atoms with Crippen LogP contribution in [-0.2, 0) is 0 Å². The van der Waals surface area contributed by atoms with Gasteiger partial charge in [0, 0.05) is 36.0 Å². The van der Waals surface area contributed by atoms with Crippen LogP contribution < -0.4 is 20.1 Å². The highest BCUT2D eigenvalue weighted by atomic mass is 35.5. The molecule has 3 saturated heterocycles. The molecule has 6 heterocycles. The van der Waals surface area contributed by atoms with E-state index in [1.165, 1.54) is 12.1 Å². The number of benzene rings is 2. The van der Waals surface area contributed by atoms with E-state index < -0.39 is 17.8 Å². The van der Waals surface area contributed by atoms with Crippen LogP contribution in [0.2, 0.25) is 5.02 Å². The van der Waals surface area contributed by atoms with E-state index in [1.54, 1.807) is 0 Å². The van der Waals surface area contributed by atoms with E-state index in [2.05, 4.69) is 14.8 Å². The number of ether oxygens (including phenoxy) is 2. The number of anilines is 2. The maximum absolute atomic E-state index is 16.9. The largest absolute Gasteiger partial charge is 0.489 e. The summed E-state index contributed by atoms with van der Waals surface area (Å²) in [6, 6.07) is 4.65. The van der Waals surface area contributed by atoms with Gasteiger partial charge in [0.05, 0.1) is 33.3 Å². The smallest absolute Gasteiger partial charge is 0.319 e. The zero-order valence-corrected chi connectivity index (χ0v) is 25.2. The molecular formula is C31H28ClF3N6O2S. The van der Waals surface area contributed by atoms with Gasteiger partial charge < -0.3 is 20.1 Å². The fourth-order valence-electron chi connectivity index (χ4n) is 7.80. The number of nitrogens with two attached hydrogens (primary N) is 1. The number of hydrogen-bond donors (Lipinski definition) is 1. The number of fused-ring (bicyclic) bond motifs is 4. The first-order chi connectivity index (χ1) is 21.3. The van der Waals surface area contributed by atoms with Crippen LogP contribution in [0.1, 0.15) is 44.1 Å². The fraction of sp³-hybridized carbons (Fsp3) is 0.452. The highest BCUT2D eigenvalue weighted by Gasteiger charge is 2.48. The molecule has 13 heteroatoms. The maximum Gasteiger partial charge on any atom is 0.319 e. The lowest BCUT2D eigenvalue weighted by atomic mass is 9.90. The summed E-state index contributed by atoms with van der Waals surface area (Å²) in [6.45, 7) is 2.59. The molecule has 0 saturated carbocycles. The van der Waals surface area contributed by atoms with Gasteiger partial charge >= 0.3 is 6.01 Å². The standard InChI is InChI=1S/C31H28ClF3N6O2S/c32-23-21(17-4-5-19(34)27-20(17)18(12-36)28(37)44-27)24(35)25-22-26(23)43-14-16-3-1-9-41(16)29(22)39-30(38-25)42-10-7-31-6-2-8-40(31)13-15(33)11-31/h4-5,15-16H,1-3,6-11,13-14,37H2/t15-,16?,31-/m1/s1. The summed E-state index contributed by atoms with van der Waals surface area (Å²) in [4.78, 5) is 13.6. The first-order valence-corrected chi connectivity index (χ1v) is 16.0. The molecule has 0 bridgehead atoms. The Labute approximate surface area is 260 Å². The molecule has 0 amide bonds. The molecule has 8 rings (SSSR count). The second-order valence-electron chi connectivity index (χ2n) is 12.1. The molecule has 4 aliphatic heterocycles. The first kappa shape index (κ1) is 28.0. The number of alkyl halides is 1. The molecule has 0 aliphatic carbocycles. The molecule has 0 spiro atoms. The molecule has 2 aromatic carbocycles. The lowest BCUT2D eigenvalue weighted by Gasteiger charge is -2.31. The third-order valence-electron chi connectivity index (χ3n) is 9.77. The quantitative estimate of drug-likeness (QED) is 0.260. The molecule has 44 heavy (non-hydrogen) atoms. The van der Waals surface area contributed by atoms with Crippen LogP contribution in [0.5, 0.6) is 11.8 Å². The molecule has 4 aromatic rings. The van der Waals surface area contributed by atoms with Gasteiger partial charge in [0.1, 0.15) is 41.0 Å². The number of nitrogens with zero attached hydrogens (tertiary/aromatic N) is 5. The Morgan fingerprint density at radius 1 is 1.23 bits per heavy atom. The Bertz CT molecular complexity index is 1900. The van der Waals surface area contributed by atoms with Gasteiger partial charge in [0.25, 0.3) is 0 Å². The maximum atomic E-state index is 16.9. The number of aromatic nitrogens is 2. The number of rotatable bonds is 5. The van der Waals surface area contributed by atoms with Gasteiger partial charge in [-0.1, -0.05) is 17.7 Å². The van der Waals surface area contributed by atoms with E-state index in [9.17, 15) is 14.0 Å². The highest BCUT2D eigenvalue weighted by molar-refractivity contribution is 7.23. The van der Waals surface area contributed by atoms with Crippen molar-refractivity contribution in [3.63, 3.8) is 0 Å². The molecule has 1 unspecified atom stereocenters. The molecule has 2 N–H and O–H groups in total. The van der Waals surface area contributed by atoms with Gasteiger partial charge in [0.2, 0.25) is 0 Å². The number of nitriles is 1. The molecule has 0 radical (unpaired) electrons. The Kier molecular flexibility index (Phi) is 6.52. The summed E-state index contributed by atoms with van der Waals surface area (Å²) in [5.74, 6) is -0.619. The minimum Gasteiger partial charge on any atom is -0.489 e. The Morgan fingerprint density at radius 3 is 2.93 bits per heavy atom. The molecule has 3 fully saturated rings. The Balaban J connectivity index is 1.28. The predicted molar refractivity (Wildman–Crippen MR) is 163 cm³/mol. The van der Waals surface area contributed by atoms with Crippen molar-refractivity contribution >= 4 is 54.7 Å². The summed E-state index contributed by atoms with van der Waals surface area (Å²) >= 11 is 7.88. The van der Waals surface area contributed by atoms with E-state index in [0.717, 1.165) is 43.6 Å². The van der Waals surface area contributed by atoms with Crippen molar-refractivity contribution in [1.29, 1.82) is 5.26 Å². The van der Waals surface area contributed by atoms with Crippen molar-refractivity contribution in [2.24, 2.45) is 0 Å². The van der Waals surface area contributed by atoms with Gasteiger partial charge in [-0.15, -0.1) is 11.3 Å². The normalized spacial score (nSPS) is 24.4. The molecular weight excluding hydrogens is 613 g/mol. The lowest BCUT2D eigenvalue weighted by Crippen LogP contribution is -2.39. The predicted octanol–water partition coefficient (Wildman–Crippen LogP) is 6.60. The van der Waals surface area contributed by atoms with Crippen molar-refractivity contribution in [2.45, 2.75) is 56.3 Å². The van der Waals surface area contributed by atoms with E-state index in [0.29, 0.717) is 43.7 Å². The summed E-state index contributed by atoms with van der Waals surface area (Å²) in [5, 5.41) is 10.5. The topological polar surface area (TPSA) is 101 Å². The summed E-state index contributed by atoms with van der Waals surface area (Å²) < 4.78 is 58.6. The molecule has 2 aromatic heterocycles.